The monoisotopic (exact) mass is 277 g/mol. The lowest BCUT2D eigenvalue weighted by Gasteiger charge is -2.19. The number of pyridine rings is 1. The molecule has 0 spiro atoms. The van der Waals surface area contributed by atoms with Crippen LogP contribution < -0.4 is 16.1 Å². The zero-order valence-electron chi connectivity index (χ0n) is 12.7. The van der Waals surface area contributed by atoms with Crippen LogP contribution in [-0.4, -0.2) is 17.5 Å². The topological polar surface area (TPSA) is 63.1 Å². The highest BCUT2D eigenvalue weighted by molar-refractivity contribution is 5.81. The summed E-state index contributed by atoms with van der Waals surface area (Å²) in [5.41, 5.74) is 1.33. The van der Waals surface area contributed by atoms with Gasteiger partial charge < -0.3 is 15.2 Å². The van der Waals surface area contributed by atoms with E-state index in [-0.39, 0.29) is 11.3 Å². The van der Waals surface area contributed by atoms with Crippen LogP contribution in [0, 0.1) is 5.41 Å². The fourth-order valence-corrected chi connectivity index (χ4v) is 2.52. The lowest BCUT2D eigenvalue weighted by molar-refractivity contribution is -0.128. The molecule has 0 radical (unpaired) electrons. The van der Waals surface area contributed by atoms with E-state index in [1.54, 1.807) is 6.07 Å². The van der Waals surface area contributed by atoms with Crippen LogP contribution in [0.4, 0.5) is 5.82 Å². The van der Waals surface area contributed by atoms with Crippen molar-refractivity contribution in [2.45, 2.75) is 46.7 Å². The van der Waals surface area contributed by atoms with Gasteiger partial charge in [-0.25, -0.2) is 0 Å². The molecule has 0 saturated heterocycles. The normalized spacial score (nSPS) is 14.0. The van der Waals surface area contributed by atoms with E-state index in [1.807, 2.05) is 27.8 Å². The molecule has 110 valence electrons. The predicted octanol–water partition coefficient (Wildman–Crippen LogP) is 1.50. The van der Waals surface area contributed by atoms with Crippen molar-refractivity contribution >= 4 is 11.7 Å². The number of fused-ring (bicyclic) bond motifs is 1. The average Bonchev–Trinajstić information content (AvgIpc) is 2.84. The van der Waals surface area contributed by atoms with Crippen LogP contribution in [0.3, 0.4) is 0 Å². The van der Waals surface area contributed by atoms with Crippen LogP contribution in [0.15, 0.2) is 10.9 Å². The number of hydrogen-bond donors (Lipinski definition) is 2. The SMILES string of the molecule is CNc1cc(=O)c(CNC(=O)C(C)(C)C)c2n1CCC2. The van der Waals surface area contributed by atoms with Crippen molar-refractivity contribution in [3.05, 3.63) is 27.5 Å². The van der Waals surface area contributed by atoms with Gasteiger partial charge in [-0.05, 0) is 12.8 Å². The van der Waals surface area contributed by atoms with Gasteiger partial charge in [0.1, 0.15) is 5.82 Å². The summed E-state index contributed by atoms with van der Waals surface area (Å²) in [6, 6.07) is 1.62. The minimum absolute atomic E-state index is 0.00305. The molecule has 20 heavy (non-hydrogen) atoms. The third kappa shape index (κ3) is 2.71. The lowest BCUT2D eigenvalue weighted by Crippen LogP contribution is -2.36. The highest BCUT2D eigenvalue weighted by Gasteiger charge is 2.23. The van der Waals surface area contributed by atoms with Crippen LogP contribution in [-0.2, 0) is 24.3 Å². The number of anilines is 1. The molecular weight excluding hydrogens is 254 g/mol. The van der Waals surface area contributed by atoms with Gasteiger partial charge in [-0.2, -0.15) is 0 Å². The molecule has 2 heterocycles. The van der Waals surface area contributed by atoms with Crippen molar-refractivity contribution in [1.82, 2.24) is 9.88 Å². The summed E-state index contributed by atoms with van der Waals surface area (Å²) in [6.07, 6.45) is 1.93. The van der Waals surface area contributed by atoms with Crippen molar-refractivity contribution in [2.75, 3.05) is 12.4 Å². The van der Waals surface area contributed by atoms with E-state index in [9.17, 15) is 9.59 Å². The fraction of sp³-hybridized carbons (Fsp3) is 0.600. The summed E-state index contributed by atoms with van der Waals surface area (Å²) in [5.74, 6) is 0.819. The third-order valence-electron chi connectivity index (χ3n) is 3.69. The van der Waals surface area contributed by atoms with Crippen LogP contribution in [0.5, 0.6) is 0 Å². The van der Waals surface area contributed by atoms with Crippen LogP contribution in [0.1, 0.15) is 38.4 Å². The smallest absolute Gasteiger partial charge is 0.225 e. The zero-order chi connectivity index (χ0) is 14.9. The zero-order valence-corrected chi connectivity index (χ0v) is 12.7. The molecule has 2 rings (SSSR count). The Kier molecular flexibility index (Phi) is 3.88. The number of nitrogens with one attached hydrogen (secondary N) is 2. The largest absolute Gasteiger partial charge is 0.374 e. The van der Waals surface area contributed by atoms with Crippen LogP contribution >= 0.6 is 0 Å². The maximum Gasteiger partial charge on any atom is 0.225 e. The Balaban J connectivity index is 2.28. The molecule has 1 amide bonds. The average molecular weight is 277 g/mol. The van der Waals surface area contributed by atoms with Gasteiger partial charge in [0.15, 0.2) is 5.43 Å². The summed E-state index contributed by atoms with van der Waals surface area (Å²) >= 11 is 0. The van der Waals surface area contributed by atoms with Crippen LogP contribution in [0.25, 0.3) is 0 Å². The molecule has 0 unspecified atom stereocenters. The second kappa shape index (κ2) is 5.31. The highest BCUT2D eigenvalue weighted by atomic mass is 16.2. The number of hydrogen-bond acceptors (Lipinski definition) is 3. The molecule has 5 heteroatoms. The van der Waals surface area contributed by atoms with Gasteiger partial charge >= 0.3 is 0 Å². The molecule has 0 fully saturated rings. The minimum atomic E-state index is -0.440. The molecule has 1 aliphatic rings. The van der Waals surface area contributed by atoms with E-state index < -0.39 is 5.41 Å². The van der Waals surface area contributed by atoms with Crippen molar-refractivity contribution in [1.29, 1.82) is 0 Å². The molecule has 0 bridgehead atoms. The summed E-state index contributed by atoms with van der Waals surface area (Å²) in [4.78, 5) is 24.2. The second-order valence-electron chi connectivity index (χ2n) is 6.26. The summed E-state index contributed by atoms with van der Waals surface area (Å²) in [5, 5.41) is 5.93. The molecule has 5 nitrogen and oxygen atoms in total. The van der Waals surface area contributed by atoms with Gasteiger partial charge in [0.05, 0.1) is 0 Å². The van der Waals surface area contributed by atoms with Crippen molar-refractivity contribution in [3.63, 3.8) is 0 Å². The summed E-state index contributed by atoms with van der Waals surface area (Å²) in [7, 11) is 1.82. The number of rotatable bonds is 3. The first-order chi connectivity index (χ1) is 9.34. The van der Waals surface area contributed by atoms with Gasteiger partial charge in [0.25, 0.3) is 0 Å². The first-order valence-corrected chi connectivity index (χ1v) is 7.06. The van der Waals surface area contributed by atoms with E-state index in [1.165, 1.54) is 0 Å². The van der Waals surface area contributed by atoms with Crippen molar-refractivity contribution in [3.8, 4) is 0 Å². The highest BCUT2D eigenvalue weighted by Crippen LogP contribution is 2.22. The second-order valence-corrected chi connectivity index (χ2v) is 6.26. The van der Waals surface area contributed by atoms with E-state index >= 15 is 0 Å². The molecule has 1 aromatic rings. The number of carbonyl (C=O) groups excluding carboxylic acids is 1. The molecule has 0 aromatic carbocycles. The molecular formula is C15H23N3O2. The quantitative estimate of drug-likeness (QED) is 0.880. The van der Waals surface area contributed by atoms with E-state index in [4.69, 9.17) is 0 Å². The Labute approximate surface area is 119 Å². The van der Waals surface area contributed by atoms with Crippen LogP contribution in [0.2, 0.25) is 0 Å². The summed E-state index contributed by atoms with van der Waals surface area (Å²) in [6.45, 7) is 6.83. The van der Waals surface area contributed by atoms with E-state index in [2.05, 4.69) is 15.2 Å². The van der Waals surface area contributed by atoms with E-state index in [0.29, 0.717) is 6.54 Å². The van der Waals surface area contributed by atoms with Gasteiger partial charge in [-0.1, -0.05) is 20.8 Å². The predicted molar refractivity (Wildman–Crippen MR) is 79.9 cm³/mol. The number of nitrogens with zero attached hydrogens (tertiary/aromatic N) is 1. The van der Waals surface area contributed by atoms with Gasteiger partial charge in [-0.3, -0.25) is 9.59 Å². The summed E-state index contributed by atoms with van der Waals surface area (Å²) < 4.78 is 2.14. The van der Waals surface area contributed by atoms with Gasteiger partial charge in [0, 0.05) is 42.9 Å². The Morgan fingerprint density at radius 3 is 2.70 bits per heavy atom. The Morgan fingerprint density at radius 1 is 1.40 bits per heavy atom. The molecule has 0 atom stereocenters. The lowest BCUT2D eigenvalue weighted by atomic mass is 9.95. The minimum Gasteiger partial charge on any atom is -0.374 e. The van der Waals surface area contributed by atoms with Gasteiger partial charge in [-0.15, -0.1) is 0 Å². The first-order valence-electron chi connectivity index (χ1n) is 7.06. The van der Waals surface area contributed by atoms with Crippen molar-refractivity contribution < 1.29 is 4.79 Å². The molecule has 0 aliphatic carbocycles. The first kappa shape index (κ1) is 14.6. The standard InChI is InChI=1S/C15H23N3O2/c1-15(2,3)14(20)17-9-10-11-6-5-7-18(11)13(16-4)8-12(10)19/h8,16H,5-7,9H2,1-4H3,(H,17,20). The number of amides is 1. The third-order valence-corrected chi connectivity index (χ3v) is 3.69. The molecule has 0 saturated carbocycles. The fourth-order valence-electron chi connectivity index (χ4n) is 2.52. The Morgan fingerprint density at radius 2 is 2.10 bits per heavy atom. The van der Waals surface area contributed by atoms with E-state index in [0.717, 1.165) is 36.5 Å². The number of aromatic nitrogens is 1. The molecule has 1 aliphatic heterocycles. The maximum atomic E-state index is 12.2. The van der Waals surface area contributed by atoms with Gasteiger partial charge in [0.2, 0.25) is 5.91 Å². The Hall–Kier alpha value is -1.78. The molecule has 2 N–H and O–H groups in total. The Bertz CT molecular complexity index is 582. The van der Waals surface area contributed by atoms with Crippen molar-refractivity contribution in [2.24, 2.45) is 5.41 Å². The maximum absolute atomic E-state index is 12.2. The number of carbonyl (C=O) groups is 1. The molecule has 1 aromatic heterocycles.